The van der Waals surface area contributed by atoms with Gasteiger partial charge in [0.15, 0.2) is 0 Å². The molecule has 0 fully saturated rings. The van der Waals surface area contributed by atoms with Gasteiger partial charge in [-0.1, -0.05) is 0 Å². The van der Waals surface area contributed by atoms with E-state index >= 15 is 0 Å². The summed E-state index contributed by atoms with van der Waals surface area (Å²) in [7, 11) is 0. The van der Waals surface area contributed by atoms with Gasteiger partial charge < -0.3 is 5.11 Å². The van der Waals surface area contributed by atoms with Crippen LogP contribution in [0.1, 0.15) is 18.2 Å². The molecule has 1 heterocycles. The predicted octanol–water partition coefficient (Wildman–Crippen LogP) is 2.02. The number of aliphatic hydroxyl groups is 1. The quantitative estimate of drug-likeness (QED) is 0.801. The van der Waals surface area contributed by atoms with Crippen molar-refractivity contribution in [3.05, 3.63) is 29.6 Å². The Morgan fingerprint density at radius 3 is 2.64 bits per heavy atom. The molecule has 0 aliphatic carbocycles. The molecule has 0 saturated carbocycles. The minimum atomic E-state index is -4.40. The topological polar surface area (TPSA) is 33.1 Å². The SMILES string of the molecule is C[C@H](O)Cc1ncccc1C(F)(F)F. The number of rotatable bonds is 2. The van der Waals surface area contributed by atoms with Crippen LogP contribution in [0.3, 0.4) is 0 Å². The number of aliphatic hydroxyl groups excluding tert-OH is 1. The number of hydrogen-bond acceptors (Lipinski definition) is 2. The average Bonchev–Trinajstić information content (AvgIpc) is 2.01. The Kier molecular flexibility index (Phi) is 3.10. The molecular formula is C9H10F3NO. The average molecular weight is 205 g/mol. The predicted molar refractivity (Wildman–Crippen MR) is 44.6 cm³/mol. The minimum Gasteiger partial charge on any atom is -0.393 e. The van der Waals surface area contributed by atoms with Crippen molar-refractivity contribution in [2.45, 2.75) is 25.6 Å². The molecule has 78 valence electrons. The Bertz CT molecular complexity index is 309. The van der Waals surface area contributed by atoms with Crippen molar-refractivity contribution in [3.63, 3.8) is 0 Å². The summed E-state index contributed by atoms with van der Waals surface area (Å²) in [6.45, 7) is 1.43. The van der Waals surface area contributed by atoms with Gasteiger partial charge >= 0.3 is 6.18 Å². The zero-order chi connectivity index (χ0) is 10.8. The first-order valence-electron chi connectivity index (χ1n) is 4.10. The molecular weight excluding hydrogens is 195 g/mol. The maximum Gasteiger partial charge on any atom is 0.418 e. The highest BCUT2D eigenvalue weighted by molar-refractivity contribution is 5.23. The van der Waals surface area contributed by atoms with Gasteiger partial charge in [0.1, 0.15) is 0 Å². The van der Waals surface area contributed by atoms with Gasteiger partial charge in [-0.05, 0) is 19.1 Å². The van der Waals surface area contributed by atoms with Crippen molar-refractivity contribution in [2.24, 2.45) is 0 Å². The van der Waals surface area contributed by atoms with Gasteiger partial charge in [-0.2, -0.15) is 13.2 Å². The van der Waals surface area contributed by atoms with Gasteiger partial charge in [-0.15, -0.1) is 0 Å². The molecule has 1 N–H and O–H groups in total. The van der Waals surface area contributed by atoms with E-state index in [2.05, 4.69) is 4.98 Å². The molecule has 0 aliphatic rings. The number of halogens is 3. The highest BCUT2D eigenvalue weighted by Crippen LogP contribution is 2.31. The zero-order valence-electron chi connectivity index (χ0n) is 7.54. The second-order valence-corrected chi connectivity index (χ2v) is 3.05. The lowest BCUT2D eigenvalue weighted by Crippen LogP contribution is -2.14. The third kappa shape index (κ3) is 2.70. The van der Waals surface area contributed by atoms with Gasteiger partial charge in [0, 0.05) is 12.6 Å². The molecule has 1 aromatic rings. The van der Waals surface area contributed by atoms with Crippen molar-refractivity contribution in [2.75, 3.05) is 0 Å². The summed E-state index contributed by atoms with van der Waals surface area (Å²) in [6, 6.07) is 2.19. The van der Waals surface area contributed by atoms with E-state index in [4.69, 9.17) is 5.11 Å². The number of pyridine rings is 1. The molecule has 1 aromatic heterocycles. The van der Waals surface area contributed by atoms with Crippen LogP contribution in [0.4, 0.5) is 13.2 Å². The smallest absolute Gasteiger partial charge is 0.393 e. The number of aromatic nitrogens is 1. The fourth-order valence-electron chi connectivity index (χ4n) is 1.14. The van der Waals surface area contributed by atoms with E-state index in [0.717, 1.165) is 6.07 Å². The normalized spacial score (nSPS) is 14.1. The Hall–Kier alpha value is -1.10. The maximum atomic E-state index is 12.4. The van der Waals surface area contributed by atoms with Gasteiger partial charge in [-0.3, -0.25) is 4.98 Å². The van der Waals surface area contributed by atoms with Crippen molar-refractivity contribution >= 4 is 0 Å². The standard InChI is InChI=1S/C9H10F3NO/c1-6(14)5-8-7(9(10,11)12)3-2-4-13-8/h2-4,6,14H,5H2,1H3/t6-/m0/s1. The fourth-order valence-corrected chi connectivity index (χ4v) is 1.14. The number of hydrogen-bond donors (Lipinski definition) is 1. The third-order valence-electron chi connectivity index (χ3n) is 1.68. The lowest BCUT2D eigenvalue weighted by atomic mass is 10.1. The molecule has 2 nitrogen and oxygen atoms in total. The summed E-state index contributed by atoms with van der Waals surface area (Å²) in [6.07, 6.45) is -4.04. The van der Waals surface area contributed by atoms with Crippen molar-refractivity contribution in [1.29, 1.82) is 0 Å². The van der Waals surface area contributed by atoms with E-state index in [1.54, 1.807) is 0 Å². The first-order valence-corrected chi connectivity index (χ1v) is 4.10. The van der Waals surface area contributed by atoms with Gasteiger partial charge in [0.2, 0.25) is 0 Å². The maximum absolute atomic E-state index is 12.4. The van der Waals surface area contributed by atoms with Crippen LogP contribution in [0.2, 0.25) is 0 Å². The summed E-state index contributed by atoms with van der Waals surface area (Å²) >= 11 is 0. The van der Waals surface area contributed by atoms with Crippen LogP contribution in [0.25, 0.3) is 0 Å². The molecule has 1 atom stereocenters. The van der Waals surface area contributed by atoms with Crippen LogP contribution in [0.5, 0.6) is 0 Å². The molecule has 0 bridgehead atoms. The summed E-state index contributed by atoms with van der Waals surface area (Å²) in [5.41, 5.74) is -0.893. The summed E-state index contributed by atoms with van der Waals surface area (Å²) in [5, 5.41) is 8.99. The third-order valence-corrected chi connectivity index (χ3v) is 1.68. The van der Waals surface area contributed by atoms with Crippen molar-refractivity contribution in [1.82, 2.24) is 4.98 Å². The summed E-state index contributed by atoms with van der Waals surface area (Å²) < 4.78 is 37.1. The minimum absolute atomic E-state index is 0.0876. The molecule has 0 aliphatic heterocycles. The van der Waals surface area contributed by atoms with Gasteiger partial charge in [0.25, 0.3) is 0 Å². The molecule has 0 amide bonds. The number of alkyl halides is 3. The number of nitrogens with zero attached hydrogens (tertiary/aromatic N) is 1. The zero-order valence-corrected chi connectivity index (χ0v) is 7.54. The van der Waals surface area contributed by atoms with Crippen LogP contribution >= 0.6 is 0 Å². The lowest BCUT2D eigenvalue weighted by Gasteiger charge is -2.12. The van der Waals surface area contributed by atoms with Gasteiger partial charge in [-0.25, -0.2) is 0 Å². The van der Waals surface area contributed by atoms with Crippen molar-refractivity contribution in [3.8, 4) is 0 Å². The largest absolute Gasteiger partial charge is 0.418 e. The first kappa shape index (κ1) is 11.0. The van der Waals surface area contributed by atoms with E-state index in [9.17, 15) is 13.2 Å². The monoisotopic (exact) mass is 205 g/mol. The first-order chi connectivity index (χ1) is 6.41. The molecule has 0 radical (unpaired) electrons. The second kappa shape index (κ2) is 3.96. The molecule has 0 saturated heterocycles. The Balaban J connectivity index is 3.04. The van der Waals surface area contributed by atoms with E-state index in [0.29, 0.717) is 0 Å². The van der Waals surface area contributed by atoms with Crippen molar-refractivity contribution < 1.29 is 18.3 Å². The molecule has 0 aromatic carbocycles. The lowest BCUT2D eigenvalue weighted by molar-refractivity contribution is -0.138. The van der Waals surface area contributed by atoms with E-state index in [1.165, 1.54) is 19.2 Å². The Labute approximate surface area is 79.4 Å². The Morgan fingerprint density at radius 1 is 1.50 bits per heavy atom. The fraction of sp³-hybridized carbons (Fsp3) is 0.444. The summed E-state index contributed by atoms with van der Waals surface area (Å²) in [4.78, 5) is 3.61. The molecule has 0 spiro atoms. The van der Waals surface area contributed by atoms with Crippen LogP contribution in [-0.2, 0) is 12.6 Å². The molecule has 14 heavy (non-hydrogen) atoms. The Morgan fingerprint density at radius 2 is 2.14 bits per heavy atom. The highest BCUT2D eigenvalue weighted by atomic mass is 19.4. The summed E-state index contributed by atoms with van der Waals surface area (Å²) in [5.74, 6) is 0. The van der Waals surface area contributed by atoms with Crippen LogP contribution in [-0.4, -0.2) is 16.2 Å². The van der Waals surface area contributed by atoms with Gasteiger partial charge in [0.05, 0.1) is 17.4 Å². The highest BCUT2D eigenvalue weighted by Gasteiger charge is 2.33. The van der Waals surface area contributed by atoms with Crippen LogP contribution in [0, 0.1) is 0 Å². The van der Waals surface area contributed by atoms with Crippen LogP contribution in [0.15, 0.2) is 18.3 Å². The second-order valence-electron chi connectivity index (χ2n) is 3.05. The van der Waals surface area contributed by atoms with Crippen LogP contribution < -0.4 is 0 Å². The van der Waals surface area contributed by atoms with E-state index in [-0.39, 0.29) is 12.1 Å². The molecule has 0 unspecified atom stereocenters. The molecule has 5 heteroatoms. The molecule has 1 rings (SSSR count). The van der Waals surface area contributed by atoms with E-state index < -0.39 is 17.8 Å². The van der Waals surface area contributed by atoms with E-state index in [1.807, 2.05) is 0 Å².